The molecule has 2 aromatic heterocycles. The number of nitrogens with zero attached hydrogens (tertiary/aromatic N) is 2. The summed E-state index contributed by atoms with van der Waals surface area (Å²) >= 11 is 2.74. The maximum atomic E-state index is 13.2. The molecular formula is C18H22N4O3S2. The summed E-state index contributed by atoms with van der Waals surface area (Å²) in [5.74, 6) is -0.440. The molecule has 0 bridgehead atoms. The van der Waals surface area contributed by atoms with Crippen LogP contribution in [0.4, 0.5) is 4.79 Å². The summed E-state index contributed by atoms with van der Waals surface area (Å²) in [4.78, 5) is 43.4. The largest absolute Gasteiger partial charge is 0.341 e. The summed E-state index contributed by atoms with van der Waals surface area (Å²) in [5, 5.41) is 5.18. The molecule has 2 aromatic rings. The van der Waals surface area contributed by atoms with Crippen LogP contribution in [0.2, 0.25) is 0 Å². The Bertz CT molecular complexity index is 964. The molecule has 9 heteroatoms. The van der Waals surface area contributed by atoms with E-state index >= 15 is 0 Å². The molecule has 0 spiro atoms. The number of rotatable bonds is 5. The van der Waals surface area contributed by atoms with Crippen LogP contribution in [0.3, 0.4) is 0 Å². The molecule has 2 heterocycles. The molecule has 1 aliphatic rings. The zero-order chi connectivity index (χ0) is 19.6. The number of aryl methyl sites for hydroxylation is 2. The number of fused-ring (bicyclic) bond motifs is 3. The standard InChI is InChI=1S/C18H22N4O3S2/c1-4-9-22-16(24)13-11-7-5-6-8-12(11)27-15(13)21-18(22)26-10(2)14(23)20-17(25)19-3/h4,10H,1,5-9H2,2-3H3,(H2,19,20,23,25)/t10-/m0/s1. The van der Waals surface area contributed by atoms with Gasteiger partial charge >= 0.3 is 6.03 Å². The van der Waals surface area contributed by atoms with Gasteiger partial charge in [0.1, 0.15) is 4.83 Å². The fourth-order valence-electron chi connectivity index (χ4n) is 3.09. The molecule has 2 N–H and O–H groups in total. The van der Waals surface area contributed by atoms with E-state index in [1.807, 2.05) is 0 Å². The van der Waals surface area contributed by atoms with Gasteiger partial charge in [0.15, 0.2) is 5.16 Å². The van der Waals surface area contributed by atoms with Crippen molar-refractivity contribution < 1.29 is 9.59 Å². The Morgan fingerprint density at radius 1 is 1.41 bits per heavy atom. The van der Waals surface area contributed by atoms with E-state index < -0.39 is 17.2 Å². The number of amides is 3. The average molecular weight is 407 g/mol. The molecule has 27 heavy (non-hydrogen) atoms. The molecule has 0 aliphatic heterocycles. The minimum atomic E-state index is -0.586. The number of hydrogen-bond acceptors (Lipinski definition) is 6. The Kier molecular flexibility index (Phi) is 6.01. The molecule has 1 atom stereocenters. The second-order valence-corrected chi connectivity index (χ2v) is 8.71. The molecule has 144 valence electrons. The van der Waals surface area contributed by atoms with Crippen LogP contribution in [-0.4, -0.2) is 33.8 Å². The van der Waals surface area contributed by atoms with Gasteiger partial charge in [0.2, 0.25) is 5.91 Å². The van der Waals surface area contributed by atoms with Gasteiger partial charge in [0.25, 0.3) is 5.56 Å². The zero-order valence-electron chi connectivity index (χ0n) is 15.3. The van der Waals surface area contributed by atoms with Crippen LogP contribution in [0, 0.1) is 0 Å². The Balaban J connectivity index is 2.00. The third-order valence-electron chi connectivity index (χ3n) is 4.47. The molecule has 0 radical (unpaired) electrons. The van der Waals surface area contributed by atoms with Gasteiger partial charge in [0, 0.05) is 18.5 Å². The summed E-state index contributed by atoms with van der Waals surface area (Å²) in [6.07, 6.45) is 5.78. The minimum absolute atomic E-state index is 0.0827. The number of aromatic nitrogens is 2. The lowest BCUT2D eigenvalue weighted by molar-refractivity contribution is -0.119. The first-order chi connectivity index (χ1) is 13.0. The lowest BCUT2D eigenvalue weighted by Gasteiger charge is -2.15. The van der Waals surface area contributed by atoms with Crippen molar-refractivity contribution in [2.24, 2.45) is 0 Å². The van der Waals surface area contributed by atoms with Crippen molar-refractivity contribution in [3.8, 4) is 0 Å². The van der Waals surface area contributed by atoms with Crippen molar-refractivity contribution in [2.45, 2.75) is 49.6 Å². The van der Waals surface area contributed by atoms with Crippen molar-refractivity contribution in [3.05, 3.63) is 33.4 Å². The Hall–Kier alpha value is -2.13. The third kappa shape index (κ3) is 3.93. The fourth-order valence-corrected chi connectivity index (χ4v) is 5.31. The quantitative estimate of drug-likeness (QED) is 0.452. The maximum Gasteiger partial charge on any atom is 0.321 e. The third-order valence-corrected chi connectivity index (χ3v) is 6.74. The highest BCUT2D eigenvalue weighted by atomic mass is 32.2. The maximum absolute atomic E-state index is 13.2. The predicted octanol–water partition coefficient (Wildman–Crippen LogP) is 2.46. The van der Waals surface area contributed by atoms with Gasteiger partial charge in [-0.2, -0.15) is 0 Å². The number of allylic oxidation sites excluding steroid dienone is 1. The monoisotopic (exact) mass is 406 g/mol. The van der Waals surface area contributed by atoms with Crippen molar-refractivity contribution in [1.82, 2.24) is 20.2 Å². The van der Waals surface area contributed by atoms with Gasteiger partial charge in [0.05, 0.1) is 10.6 Å². The number of hydrogen-bond donors (Lipinski definition) is 2. The first-order valence-electron chi connectivity index (χ1n) is 8.81. The smallest absolute Gasteiger partial charge is 0.321 e. The predicted molar refractivity (Wildman–Crippen MR) is 109 cm³/mol. The van der Waals surface area contributed by atoms with E-state index in [4.69, 9.17) is 4.98 Å². The van der Waals surface area contributed by atoms with Crippen molar-refractivity contribution in [2.75, 3.05) is 7.05 Å². The Morgan fingerprint density at radius 3 is 2.85 bits per heavy atom. The highest BCUT2D eigenvalue weighted by Crippen LogP contribution is 2.35. The molecular weight excluding hydrogens is 384 g/mol. The lowest BCUT2D eigenvalue weighted by atomic mass is 9.97. The molecule has 0 aromatic carbocycles. The van der Waals surface area contributed by atoms with Crippen LogP contribution >= 0.6 is 23.1 Å². The number of nitrogens with one attached hydrogen (secondary N) is 2. The van der Waals surface area contributed by atoms with Crippen LogP contribution in [0.15, 0.2) is 22.6 Å². The van der Waals surface area contributed by atoms with Gasteiger partial charge in [-0.05, 0) is 38.2 Å². The van der Waals surface area contributed by atoms with Gasteiger partial charge in [-0.1, -0.05) is 17.8 Å². The van der Waals surface area contributed by atoms with E-state index in [1.54, 1.807) is 28.9 Å². The average Bonchev–Trinajstić information content (AvgIpc) is 3.02. The van der Waals surface area contributed by atoms with Crippen molar-refractivity contribution in [3.63, 3.8) is 0 Å². The van der Waals surface area contributed by atoms with Gasteiger partial charge in [-0.15, -0.1) is 17.9 Å². The number of thiophene rings is 1. The molecule has 1 aliphatic carbocycles. The molecule has 3 rings (SSSR count). The molecule has 3 amide bonds. The van der Waals surface area contributed by atoms with E-state index in [0.717, 1.165) is 47.8 Å². The van der Waals surface area contributed by atoms with Gasteiger partial charge in [-0.25, -0.2) is 9.78 Å². The molecule has 0 saturated heterocycles. The van der Waals surface area contributed by atoms with Gasteiger partial charge < -0.3 is 5.32 Å². The van der Waals surface area contributed by atoms with E-state index in [0.29, 0.717) is 17.1 Å². The van der Waals surface area contributed by atoms with Crippen LogP contribution in [-0.2, 0) is 24.2 Å². The van der Waals surface area contributed by atoms with Crippen molar-refractivity contribution in [1.29, 1.82) is 0 Å². The first kappa shape index (κ1) is 19.6. The normalized spacial score (nSPS) is 14.4. The van der Waals surface area contributed by atoms with Crippen molar-refractivity contribution >= 4 is 45.3 Å². The van der Waals surface area contributed by atoms with E-state index in [1.165, 1.54) is 11.9 Å². The Labute approximate surface area is 165 Å². The van der Waals surface area contributed by atoms with Crippen LogP contribution in [0.5, 0.6) is 0 Å². The minimum Gasteiger partial charge on any atom is -0.341 e. The second-order valence-electron chi connectivity index (χ2n) is 6.32. The van der Waals surface area contributed by atoms with Crippen LogP contribution in [0.1, 0.15) is 30.2 Å². The van der Waals surface area contributed by atoms with E-state index in [9.17, 15) is 14.4 Å². The van der Waals surface area contributed by atoms with Gasteiger partial charge in [-0.3, -0.25) is 19.5 Å². The summed E-state index contributed by atoms with van der Waals surface area (Å²) in [6.45, 7) is 5.73. The molecule has 0 saturated carbocycles. The van der Waals surface area contributed by atoms with Crippen LogP contribution < -0.4 is 16.2 Å². The molecule has 7 nitrogen and oxygen atoms in total. The fraction of sp³-hybridized carbons (Fsp3) is 0.444. The summed E-state index contributed by atoms with van der Waals surface area (Å²) in [6, 6.07) is -0.565. The summed E-state index contributed by atoms with van der Waals surface area (Å²) in [7, 11) is 1.44. The highest BCUT2D eigenvalue weighted by Gasteiger charge is 2.24. The number of carbonyl (C=O) groups excluding carboxylic acids is 2. The van der Waals surface area contributed by atoms with Crippen LogP contribution in [0.25, 0.3) is 10.2 Å². The van der Waals surface area contributed by atoms with E-state index in [-0.39, 0.29) is 5.56 Å². The zero-order valence-corrected chi connectivity index (χ0v) is 17.0. The summed E-state index contributed by atoms with van der Waals surface area (Å²) < 4.78 is 1.56. The number of urea groups is 1. The number of thioether (sulfide) groups is 1. The number of carbonyl (C=O) groups is 2. The topological polar surface area (TPSA) is 93.1 Å². The first-order valence-corrected chi connectivity index (χ1v) is 10.5. The molecule has 0 unspecified atom stereocenters. The molecule has 0 fully saturated rings. The Morgan fingerprint density at radius 2 is 2.15 bits per heavy atom. The summed E-state index contributed by atoms with van der Waals surface area (Å²) in [5.41, 5.74) is 1.05. The lowest BCUT2D eigenvalue weighted by Crippen LogP contribution is -2.41. The highest BCUT2D eigenvalue weighted by molar-refractivity contribution is 8.00. The van der Waals surface area contributed by atoms with E-state index in [2.05, 4.69) is 17.2 Å². The second kappa shape index (κ2) is 8.26. The number of imide groups is 1. The SMILES string of the molecule is C=CCn1c(S[C@@H](C)C(=O)NC(=O)NC)nc2sc3c(c2c1=O)CCCC3.